The summed E-state index contributed by atoms with van der Waals surface area (Å²) in [7, 11) is 0. The van der Waals surface area contributed by atoms with Crippen LogP contribution in [0.15, 0.2) is 54.6 Å². The van der Waals surface area contributed by atoms with Crippen molar-refractivity contribution in [2.24, 2.45) is 11.5 Å². The molecule has 0 bridgehead atoms. The molecule has 3 atom stereocenters. The second kappa shape index (κ2) is 11.2. The van der Waals surface area contributed by atoms with E-state index in [1.165, 1.54) is 31.2 Å². The number of Topliss-reactive ketones (excluding diaryl/α,β-unsaturated/α-hetero) is 1. The Hall–Kier alpha value is -4.62. The molecule has 200 valence electrons. The predicted molar refractivity (Wildman–Crippen MR) is 132 cm³/mol. The van der Waals surface area contributed by atoms with Crippen molar-refractivity contribution in [2.45, 2.75) is 44.4 Å². The predicted octanol–water partition coefficient (Wildman–Crippen LogP) is 0.163. The molecular weight excluding hydrogens is 498 g/mol. The van der Waals surface area contributed by atoms with Crippen LogP contribution in [0.4, 0.5) is 10.5 Å². The summed E-state index contributed by atoms with van der Waals surface area (Å²) in [4.78, 5) is 81.8. The molecule has 0 spiro atoms. The lowest BCUT2D eigenvalue weighted by molar-refractivity contribution is -0.186. The van der Waals surface area contributed by atoms with E-state index in [2.05, 4.69) is 5.32 Å². The number of carboxylic acid groups (broad SMARTS) is 1. The number of carbonyl (C=O) groups excluding carboxylic acids is 5. The van der Waals surface area contributed by atoms with Gasteiger partial charge in [-0.25, -0.2) is 9.59 Å². The molecule has 6 N–H and O–H groups in total. The molecular formula is C25H27N5O8. The van der Waals surface area contributed by atoms with Crippen molar-refractivity contribution in [1.29, 1.82) is 0 Å². The van der Waals surface area contributed by atoms with Crippen LogP contribution < -0.4 is 21.7 Å². The number of carbonyl (C=O) groups is 6. The SMILES string of the molecule is CC(=O)[C@@H](C(=O)ON1C(=O)N[C@](C)(c2ccc(CN)cc2)C1=O)N(C(=O)[C@@H](N)CC(=O)O)c1ccccc1. The van der Waals surface area contributed by atoms with E-state index < -0.39 is 59.6 Å². The second-order valence-electron chi connectivity index (χ2n) is 8.73. The standard InChI is InChI=1S/C25H27N5O8/c1-14(31)20(29(17-6-4-3-5-7-17)21(34)18(27)12-19(32)33)22(35)38-30-23(36)25(2,28-24(30)37)16-10-8-15(13-26)9-11-16/h3-11,18,20H,12-13,26-27H2,1-2H3,(H,28,37)(H,32,33)/t18-,20-,25+/m0/s1. The van der Waals surface area contributed by atoms with Gasteiger partial charge in [0.2, 0.25) is 5.91 Å². The number of carboxylic acids is 1. The van der Waals surface area contributed by atoms with E-state index in [-0.39, 0.29) is 17.3 Å². The molecule has 1 saturated heterocycles. The Morgan fingerprint density at radius 1 is 1.08 bits per heavy atom. The molecule has 1 heterocycles. The number of anilines is 1. The summed E-state index contributed by atoms with van der Waals surface area (Å²) in [5.74, 6) is -5.69. The number of amides is 4. The average molecular weight is 526 g/mol. The summed E-state index contributed by atoms with van der Waals surface area (Å²) < 4.78 is 0. The van der Waals surface area contributed by atoms with E-state index in [1.54, 1.807) is 30.3 Å². The fraction of sp³-hybridized carbons (Fsp3) is 0.280. The number of aliphatic carboxylic acids is 1. The van der Waals surface area contributed by atoms with E-state index in [9.17, 15) is 28.8 Å². The highest BCUT2D eigenvalue weighted by Gasteiger charge is 2.52. The van der Waals surface area contributed by atoms with Gasteiger partial charge in [0.1, 0.15) is 5.54 Å². The van der Waals surface area contributed by atoms with Gasteiger partial charge in [-0.2, -0.15) is 0 Å². The topological polar surface area (TPSA) is 202 Å². The smallest absolute Gasteiger partial charge is 0.363 e. The minimum atomic E-state index is -1.99. The molecule has 13 nitrogen and oxygen atoms in total. The molecule has 0 saturated carbocycles. The van der Waals surface area contributed by atoms with Crippen LogP contribution in [-0.2, 0) is 40.9 Å². The number of nitrogens with two attached hydrogens (primary N) is 2. The van der Waals surface area contributed by atoms with Gasteiger partial charge in [0.05, 0.1) is 12.5 Å². The first-order valence-electron chi connectivity index (χ1n) is 11.4. The van der Waals surface area contributed by atoms with Crippen molar-refractivity contribution in [1.82, 2.24) is 10.4 Å². The molecule has 0 aromatic heterocycles. The zero-order valence-electron chi connectivity index (χ0n) is 20.6. The number of hydrogen-bond acceptors (Lipinski definition) is 9. The quantitative estimate of drug-likeness (QED) is 0.244. The molecule has 0 radical (unpaired) electrons. The van der Waals surface area contributed by atoms with Crippen molar-refractivity contribution >= 4 is 41.3 Å². The number of para-hydroxylation sites is 1. The Morgan fingerprint density at radius 2 is 1.68 bits per heavy atom. The first-order chi connectivity index (χ1) is 17.9. The molecule has 2 aromatic carbocycles. The third-order valence-corrected chi connectivity index (χ3v) is 5.95. The van der Waals surface area contributed by atoms with Gasteiger partial charge in [-0.15, -0.1) is 0 Å². The average Bonchev–Trinajstić information content (AvgIpc) is 3.10. The lowest BCUT2D eigenvalue weighted by atomic mass is 9.91. The van der Waals surface area contributed by atoms with Gasteiger partial charge in [0, 0.05) is 12.2 Å². The summed E-state index contributed by atoms with van der Waals surface area (Å²) in [5, 5.41) is 11.7. The maximum absolute atomic E-state index is 13.2. The van der Waals surface area contributed by atoms with Gasteiger partial charge in [0.15, 0.2) is 11.8 Å². The van der Waals surface area contributed by atoms with Crippen molar-refractivity contribution in [2.75, 3.05) is 4.90 Å². The second-order valence-corrected chi connectivity index (χ2v) is 8.73. The van der Waals surface area contributed by atoms with Crippen molar-refractivity contribution < 1.29 is 38.7 Å². The van der Waals surface area contributed by atoms with E-state index in [0.29, 0.717) is 10.5 Å². The lowest BCUT2D eigenvalue weighted by Crippen LogP contribution is -2.56. The van der Waals surface area contributed by atoms with E-state index in [0.717, 1.165) is 12.5 Å². The Kier molecular flexibility index (Phi) is 8.23. The molecule has 4 amide bonds. The summed E-state index contributed by atoms with van der Waals surface area (Å²) in [6, 6.07) is 9.27. The lowest BCUT2D eigenvalue weighted by Gasteiger charge is -2.31. The monoisotopic (exact) mass is 525 g/mol. The number of benzene rings is 2. The van der Waals surface area contributed by atoms with Crippen LogP contribution in [0.3, 0.4) is 0 Å². The van der Waals surface area contributed by atoms with Gasteiger partial charge in [-0.3, -0.25) is 24.1 Å². The van der Waals surface area contributed by atoms with Crippen LogP contribution in [0.25, 0.3) is 0 Å². The Morgan fingerprint density at radius 3 is 2.21 bits per heavy atom. The molecule has 0 aliphatic carbocycles. The van der Waals surface area contributed by atoms with Crippen molar-refractivity contribution in [3.05, 3.63) is 65.7 Å². The summed E-state index contributed by atoms with van der Waals surface area (Å²) in [6.07, 6.45) is -0.782. The van der Waals surface area contributed by atoms with E-state index >= 15 is 0 Å². The van der Waals surface area contributed by atoms with Crippen LogP contribution in [0.1, 0.15) is 31.4 Å². The summed E-state index contributed by atoms with van der Waals surface area (Å²) >= 11 is 0. The summed E-state index contributed by atoms with van der Waals surface area (Å²) in [6.45, 7) is 2.67. The van der Waals surface area contributed by atoms with E-state index in [1.807, 2.05) is 0 Å². The van der Waals surface area contributed by atoms with Crippen LogP contribution in [0.2, 0.25) is 0 Å². The number of urea groups is 1. The van der Waals surface area contributed by atoms with Gasteiger partial charge in [-0.05, 0) is 37.1 Å². The molecule has 1 aliphatic rings. The highest BCUT2D eigenvalue weighted by atomic mass is 16.7. The molecule has 38 heavy (non-hydrogen) atoms. The number of ketones is 1. The maximum Gasteiger partial charge on any atom is 0.363 e. The Balaban J connectivity index is 1.93. The van der Waals surface area contributed by atoms with Crippen LogP contribution >= 0.6 is 0 Å². The van der Waals surface area contributed by atoms with Crippen LogP contribution in [0.5, 0.6) is 0 Å². The molecule has 13 heteroatoms. The number of nitrogens with one attached hydrogen (secondary N) is 1. The van der Waals surface area contributed by atoms with Gasteiger partial charge < -0.3 is 26.7 Å². The normalized spacial score (nSPS) is 18.4. The first kappa shape index (κ1) is 28.0. The minimum Gasteiger partial charge on any atom is -0.481 e. The third-order valence-electron chi connectivity index (χ3n) is 5.95. The first-order valence-corrected chi connectivity index (χ1v) is 11.4. The number of hydrogen-bond donors (Lipinski definition) is 4. The van der Waals surface area contributed by atoms with Gasteiger partial charge in [-0.1, -0.05) is 47.5 Å². The fourth-order valence-electron chi connectivity index (χ4n) is 3.91. The number of imide groups is 1. The molecule has 1 aliphatic heterocycles. The minimum absolute atomic E-state index is 0.0394. The Labute approximate surface area is 217 Å². The highest BCUT2D eigenvalue weighted by molar-refractivity contribution is 6.15. The Bertz CT molecular complexity index is 1270. The van der Waals surface area contributed by atoms with Crippen molar-refractivity contribution in [3.63, 3.8) is 0 Å². The largest absolute Gasteiger partial charge is 0.481 e. The number of nitrogens with zero attached hydrogens (tertiary/aromatic N) is 2. The highest BCUT2D eigenvalue weighted by Crippen LogP contribution is 2.30. The zero-order chi connectivity index (χ0) is 28.2. The third kappa shape index (κ3) is 5.53. The zero-order valence-corrected chi connectivity index (χ0v) is 20.6. The van der Waals surface area contributed by atoms with E-state index in [4.69, 9.17) is 21.4 Å². The molecule has 0 unspecified atom stereocenters. The van der Waals surface area contributed by atoms with Gasteiger partial charge >= 0.3 is 18.0 Å². The number of hydroxylamine groups is 2. The fourth-order valence-corrected chi connectivity index (χ4v) is 3.91. The number of rotatable bonds is 10. The van der Waals surface area contributed by atoms with Crippen LogP contribution in [-0.4, -0.2) is 57.8 Å². The maximum atomic E-state index is 13.2. The molecule has 2 aromatic rings. The van der Waals surface area contributed by atoms with Crippen molar-refractivity contribution in [3.8, 4) is 0 Å². The van der Waals surface area contributed by atoms with Gasteiger partial charge in [0.25, 0.3) is 5.91 Å². The van der Waals surface area contributed by atoms with Crippen LogP contribution in [0, 0.1) is 0 Å². The molecule has 1 fully saturated rings. The summed E-state index contributed by atoms with van der Waals surface area (Å²) in [5.41, 5.74) is 11.0. The molecule has 3 rings (SSSR count).